The van der Waals surface area contributed by atoms with Gasteiger partial charge in [0, 0.05) is 19.8 Å². The molecule has 0 rings (SSSR count). The molecule has 2 heteroatoms. The largest absolute Gasteiger partial charge is 0.0683 e. The van der Waals surface area contributed by atoms with Crippen molar-refractivity contribution in [2.24, 2.45) is 0 Å². The van der Waals surface area contributed by atoms with Gasteiger partial charge in [0.25, 0.3) is 0 Å². The van der Waals surface area contributed by atoms with E-state index in [0.29, 0.717) is 9.52 Å². The van der Waals surface area contributed by atoms with Crippen molar-refractivity contribution in [1.82, 2.24) is 0 Å². The molecule has 0 aliphatic rings. The normalized spacial score (nSPS) is 11.6. The second-order valence-electron chi connectivity index (χ2n) is 2.41. The van der Waals surface area contributed by atoms with Gasteiger partial charge in [-0.15, -0.1) is 0 Å². The van der Waals surface area contributed by atoms with E-state index in [2.05, 4.69) is 6.92 Å². The van der Waals surface area contributed by atoms with Crippen LogP contribution in [0, 0.1) is 0 Å². The Morgan fingerprint density at radius 3 is 2.62 bits per heavy atom. The summed E-state index contributed by atoms with van der Waals surface area (Å²) in [4.78, 5) is 0. The highest BCUT2D eigenvalue weighted by Crippen LogP contribution is 1.98. The fourth-order valence-electron chi connectivity index (χ4n) is 0.854. The zero-order chi connectivity index (χ0) is 6.24. The molecule has 8 heavy (non-hydrogen) atoms. The van der Waals surface area contributed by atoms with Gasteiger partial charge in [0.05, 0.1) is 0 Å². The van der Waals surface area contributed by atoms with Gasteiger partial charge >= 0.3 is 0 Å². The van der Waals surface area contributed by atoms with Crippen molar-refractivity contribution in [1.29, 1.82) is 0 Å². The van der Waals surface area contributed by atoms with Gasteiger partial charge in [-0.1, -0.05) is 37.9 Å². The third kappa shape index (κ3) is 6.43. The zero-order valence-electron chi connectivity index (χ0n) is 6.24. The Morgan fingerprint density at radius 1 is 1.38 bits per heavy atom. The smallest absolute Gasteiger partial charge is 0.0195 e. The van der Waals surface area contributed by atoms with Gasteiger partial charge in [-0.2, -0.15) is 0 Å². The van der Waals surface area contributed by atoms with Crippen LogP contribution in [0.25, 0.3) is 0 Å². The fourth-order valence-corrected chi connectivity index (χ4v) is 2.56. The Bertz CT molecular complexity index is 31.5. The highest BCUT2D eigenvalue weighted by atomic mass is 28.2. The molecule has 0 aromatic heterocycles. The van der Waals surface area contributed by atoms with Gasteiger partial charge in [-0.3, -0.25) is 0 Å². The minimum atomic E-state index is 0.417. The van der Waals surface area contributed by atoms with Crippen molar-refractivity contribution in [3.05, 3.63) is 0 Å². The molecule has 0 saturated carbocycles. The average Bonchev–Trinajstić information content (AvgIpc) is 1.81. The molecular formula is C6H18Si2. The molecule has 0 nitrogen and oxygen atoms in total. The third-order valence-corrected chi connectivity index (χ3v) is 3.87. The van der Waals surface area contributed by atoms with Crippen LogP contribution in [0.5, 0.6) is 0 Å². The molecule has 0 aromatic carbocycles. The van der Waals surface area contributed by atoms with Crippen molar-refractivity contribution in [3.8, 4) is 0 Å². The van der Waals surface area contributed by atoms with Crippen LogP contribution in [0.4, 0.5) is 0 Å². The van der Waals surface area contributed by atoms with E-state index in [1.165, 1.54) is 28.8 Å². The molecule has 0 N–H and O–H groups in total. The zero-order valence-corrected chi connectivity index (χ0v) is 9.66. The van der Waals surface area contributed by atoms with Crippen LogP contribution >= 0.6 is 0 Å². The minimum Gasteiger partial charge on any atom is -0.0683 e. The molecule has 0 unspecified atom stereocenters. The van der Waals surface area contributed by atoms with Crippen molar-refractivity contribution in [2.45, 2.75) is 37.9 Å². The molecule has 0 aromatic rings. The van der Waals surface area contributed by atoms with Crippen LogP contribution in [0.2, 0.25) is 18.1 Å². The van der Waals surface area contributed by atoms with E-state index in [0.717, 1.165) is 0 Å². The first-order chi connectivity index (χ1) is 3.91. The van der Waals surface area contributed by atoms with E-state index < -0.39 is 0 Å². The predicted molar refractivity (Wildman–Crippen MR) is 47.8 cm³/mol. The minimum absolute atomic E-state index is 0.417. The van der Waals surface area contributed by atoms with Gasteiger partial charge in [0.1, 0.15) is 0 Å². The Morgan fingerprint density at radius 2 is 2.12 bits per heavy atom. The highest BCUT2D eigenvalue weighted by molar-refractivity contribution is 6.35. The van der Waals surface area contributed by atoms with Crippen LogP contribution in [0.15, 0.2) is 0 Å². The van der Waals surface area contributed by atoms with Gasteiger partial charge in [-0.25, -0.2) is 0 Å². The number of hydrogen-bond acceptors (Lipinski definition) is 0. The van der Waals surface area contributed by atoms with Crippen molar-refractivity contribution < 1.29 is 0 Å². The van der Waals surface area contributed by atoms with Crippen LogP contribution in [-0.2, 0) is 0 Å². The number of rotatable bonds is 5. The molecule has 0 aliphatic heterocycles. The van der Waals surface area contributed by atoms with E-state index in [1.54, 1.807) is 12.5 Å². The first kappa shape index (κ1) is 8.43. The molecule has 0 fully saturated rings. The molecule has 0 atom stereocenters. The summed E-state index contributed by atoms with van der Waals surface area (Å²) in [6, 6.07) is 4.65. The molecular weight excluding hydrogens is 128 g/mol. The van der Waals surface area contributed by atoms with E-state index in [-0.39, 0.29) is 0 Å². The summed E-state index contributed by atoms with van der Waals surface area (Å²) in [7, 11) is 1.84. The summed E-state index contributed by atoms with van der Waals surface area (Å²) in [5, 5.41) is 0. The number of hydrogen-bond donors (Lipinski definition) is 0. The molecule has 0 bridgehead atoms. The van der Waals surface area contributed by atoms with Gasteiger partial charge < -0.3 is 0 Å². The predicted octanol–water partition coefficient (Wildman–Crippen LogP) is 0.576. The topological polar surface area (TPSA) is 0 Å². The molecule has 0 aliphatic carbocycles. The van der Waals surface area contributed by atoms with Gasteiger partial charge in [-0.05, 0) is 0 Å². The number of unbranched alkanes of at least 4 members (excludes halogenated alkanes) is 1. The van der Waals surface area contributed by atoms with Crippen LogP contribution in [0.3, 0.4) is 0 Å². The molecule has 50 valence electrons. The first-order valence-corrected chi connectivity index (χ1v) is 7.33. The Labute approximate surface area is 58.3 Å². The summed E-state index contributed by atoms with van der Waals surface area (Å²) < 4.78 is 0. The summed E-state index contributed by atoms with van der Waals surface area (Å²) in [6.07, 6.45) is 3.07. The van der Waals surface area contributed by atoms with Gasteiger partial charge in [0.2, 0.25) is 0 Å². The van der Waals surface area contributed by atoms with Crippen molar-refractivity contribution in [2.75, 3.05) is 0 Å². The second kappa shape index (κ2) is 7.43. The van der Waals surface area contributed by atoms with E-state index in [4.69, 9.17) is 0 Å². The Balaban J connectivity index is 2.53. The van der Waals surface area contributed by atoms with Gasteiger partial charge in [0.15, 0.2) is 0 Å². The Hall–Kier alpha value is 0.434. The maximum Gasteiger partial charge on any atom is 0.0195 e. The van der Waals surface area contributed by atoms with E-state index in [1.807, 2.05) is 0 Å². The van der Waals surface area contributed by atoms with Crippen LogP contribution in [0.1, 0.15) is 19.8 Å². The summed E-state index contributed by atoms with van der Waals surface area (Å²) in [6.45, 7) is 2.33. The lowest BCUT2D eigenvalue weighted by atomic mass is 10.4. The molecule has 0 radical (unpaired) electrons. The SMILES string of the molecule is CC[SiH2]CCCC[SiH3]. The highest BCUT2D eigenvalue weighted by Gasteiger charge is 1.84. The average molecular weight is 146 g/mol. The van der Waals surface area contributed by atoms with Crippen LogP contribution < -0.4 is 0 Å². The molecule has 0 spiro atoms. The summed E-state index contributed by atoms with van der Waals surface area (Å²) >= 11 is 0. The molecule has 0 saturated heterocycles. The quantitative estimate of drug-likeness (QED) is 0.393. The Kier molecular flexibility index (Phi) is 7.84. The monoisotopic (exact) mass is 146 g/mol. The van der Waals surface area contributed by atoms with E-state index in [9.17, 15) is 0 Å². The lowest BCUT2D eigenvalue weighted by Crippen LogP contribution is -1.84. The standard InChI is InChI=1S/C6H18Si2/c1-2-8-6-4-3-5-7/h2-6,8H2,1,7H3. The maximum atomic E-state index is 2.33. The molecule has 0 heterocycles. The fraction of sp³-hybridized carbons (Fsp3) is 1.00. The first-order valence-electron chi connectivity index (χ1n) is 3.91. The van der Waals surface area contributed by atoms with Crippen LogP contribution in [-0.4, -0.2) is 19.8 Å². The van der Waals surface area contributed by atoms with Crippen molar-refractivity contribution in [3.63, 3.8) is 0 Å². The summed E-state index contributed by atoms with van der Waals surface area (Å²) in [5.74, 6) is 0. The lowest BCUT2D eigenvalue weighted by molar-refractivity contribution is 0.876. The second-order valence-corrected chi connectivity index (χ2v) is 5.83. The van der Waals surface area contributed by atoms with Crippen molar-refractivity contribution >= 4 is 19.8 Å². The molecule has 0 amide bonds. The van der Waals surface area contributed by atoms with E-state index >= 15 is 0 Å². The summed E-state index contributed by atoms with van der Waals surface area (Å²) in [5.41, 5.74) is 0. The third-order valence-electron chi connectivity index (χ3n) is 1.46. The maximum absolute atomic E-state index is 2.33. The lowest BCUT2D eigenvalue weighted by Gasteiger charge is -1.92.